The van der Waals surface area contributed by atoms with E-state index in [4.69, 9.17) is 0 Å². The number of carboxylic acids is 1. The molecule has 3 rings (SSSR count). The van der Waals surface area contributed by atoms with Gasteiger partial charge in [-0.3, -0.25) is 10.1 Å². The highest BCUT2D eigenvalue weighted by molar-refractivity contribution is 7.89. The average molecular weight is 437 g/mol. The number of rotatable bonds is 6. The number of thiophene rings is 1. The molecule has 29 heavy (non-hydrogen) atoms. The van der Waals surface area contributed by atoms with Crippen molar-refractivity contribution >= 4 is 59.3 Å². The van der Waals surface area contributed by atoms with E-state index in [1.807, 2.05) is 6.07 Å². The number of carboxylic acid groups (broad SMARTS) is 1. The summed E-state index contributed by atoms with van der Waals surface area (Å²) in [7, 11) is -2.73. The van der Waals surface area contributed by atoms with E-state index >= 15 is 0 Å². The molecule has 2 aromatic carbocycles. The van der Waals surface area contributed by atoms with Gasteiger partial charge in [-0.2, -0.15) is 4.72 Å². The van der Waals surface area contributed by atoms with Crippen LogP contribution < -0.4 is 10.0 Å². The third-order valence-corrected chi connectivity index (χ3v) is 6.97. The second kappa shape index (κ2) is 7.97. The van der Waals surface area contributed by atoms with Crippen molar-refractivity contribution in [2.24, 2.45) is 5.92 Å². The van der Waals surface area contributed by atoms with Crippen molar-refractivity contribution in [3.8, 4) is 0 Å². The van der Waals surface area contributed by atoms with E-state index in [0.717, 1.165) is 20.2 Å². The molecule has 0 radical (unpaired) electrons. The minimum absolute atomic E-state index is 0.00337. The molecule has 0 aliphatic rings. The van der Waals surface area contributed by atoms with E-state index in [-0.39, 0.29) is 4.90 Å². The summed E-state index contributed by atoms with van der Waals surface area (Å²) in [6.45, 7) is 3.27. The summed E-state index contributed by atoms with van der Waals surface area (Å²) in [5.41, 5.74) is 0.559. The first kappa shape index (κ1) is 21.0. The lowest BCUT2D eigenvalue weighted by molar-refractivity contribution is -0.140. The highest BCUT2D eigenvalue weighted by Crippen LogP contribution is 2.36. The van der Waals surface area contributed by atoms with E-state index in [1.165, 1.54) is 30.6 Å². The van der Waals surface area contributed by atoms with Crippen molar-refractivity contribution in [2.75, 3.05) is 12.4 Å². The molecule has 0 aliphatic carbocycles. The number of carbonyl (C=O) groups excluding carboxylic acids is 1. The van der Waals surface area contributed by atoms with Crippen LogP contribution in [0.2, 0.25) is 0 Å². The van der Waals surface area contributed by atoms with Gasteiger partial charge in [0.1, 0.15) is 6.04 Å². The molecule has 0 saturated carbocycles. The molecule has 8 nitrogen and oxygen atoms in total. The van der Waals surface area contributed by atoms with Crippen LogP contribution in [0.4, 0.5) is 10.5 Å². The van der Waals surface area contributed by atoms with Crippen molar-refractivity contribution in [3.05, 3.63) is 36.4 Å². The van der Waals surface area contributed by atoms with Crippen LogP contribution in [0, 0.1) is 5.92 Å². The molecule has 0 unspecified atom stereocenters. The van der Waals surface area contributed by atoms with Gasteiger partial charge < -0.3 is 9.84 Å². The fourth-order valence-electron chi connectivity index (χ4n) is 2.88. The largest absolute Gasteiger partial charge is 0.480 e. The van der Waals surface area contributed by atoms with Crippen LogP contribution in [-0.4, -0.2) is 38.7 Å². The Balaban J connectivity index is 2.00. The fourth-order valence-corrected chi connectivity index (χ4v) is 5.44. The van der Waals surface area contributed by atoms with Crippen LogP contribution in [0.5, 0.6) is 0 Å². The van der Waals surface area contributed by atoms with Gasteiger partial charge in [-0.15, -0.1) is 11.3 Å². The number of benzene rings is 2. The minimum atomic E-state index is -4.00. The van der Waals surface area contributed by atoms with Crippen LogP contribution in [-0.2, 0) is 19.6 Å². The summed E-state index contributed by atoms with van der Waals surface area (Å²) < 4.78 is 33.9. The lowest BCUT2D eigenvalue weighted by Crippen LogP contribution is -2.44. The van der Waals surface area contributed by atoms with Gasteiger partial charge >= 0.3 is 12.1 Å². The van der Waals surface area contributed by atoms with Gasteiger partial charge in [-0.05, 0) is 36.2 Å². The maximum absolute atomic E-state index is 12.7. The second-order valence-corrected chi connectivity index (χ2v) is 9.57. The van der Waals surface area contributed by atoms with Gasteiger partial charge in [0.2, 0.25) is 10.0 Å². The molecule has 154 valence electrons. The number of amides is 1. The summed E-state index contributed by atoms with van der Waals surface area (Å²) in [5, 5.41) is 13.6. The first-order chi connectivity index (χ1) is 13.6. The Morgan fingerprint density at radius 1 is 1.07 bits per heavy atom. The summed E-state index contributed by atoms with van der Waals surface area (Å²) in [6.07, 6.45) is -0.582. The van der Waals surface area contributed by atoms with Crippen molar-refractivity contribution in [1.82, 2.24) is 4.72 Å². The van der Waals surface area contributed by atoms with Crippen molar-refractivity contribution in [2.45, 2.75) is 24.8 Å². The smallest absolute Gasteiger partial charge is 0.411 e. The number of fused-ring (bicyclic) bond motifs is 3. The standard InChI is InChI=1S/C19H20N2O6S2/c1-10(2)17(18(22)23)21-29(25,26)12-5-6-13-14-8-11(20-19(24)27-3)4-7-15(14)28-16(13)9-12/h4-10,17,21H,1-3H3,(H,20,24)(H,22,23)/t17-/m0/s1. The zero-order chi connectivity index (χ0) is 21.3. The van der Waals surface area contributed by atoms with Gasteiger partial charge in [-0.1, -0.05) is 19.9 Å². The van der Waals surface area contributed by atoms with Gasteiger partial charge in [0, 0.05) is 25.9 Å². The second-order valence-electron chi connectivity index (χ2n) is 6.77. The zero-order valence-corrected chi connectivity index (χ0v) is 17.6. The lowest BCUT2D eigenvalue weighted by Gasteiger charge is -2.18. The minimum Gasteiger partial charge on any atom is -0.480 e. The molecule has 1 aromatic heterocycles. The number of hydrogen-bond donors (Lipinski definition) is 3. The number of aliphatic carboxylic acids is 1. The Kier molecular flexibility index (Phi) is 5.78. The van der Waals surface area contributed by atoms with Crippen molar-refractivity contribution in [1.29, 1.82) is 0 Å². The molecule has 0 fully saturated rings. The van der Waals surface area contributed by atoms with Crippen LogP contribution in [0.25, 0.3) is 20.2 Å². The molecule has 1 atom stereocenters. The molecule has 10 heteroatoms. The van der Waals surface area contributed by atoms with Gasteiger partial charge in [0.15, 0.2) is 0 Å². The normalized spacial score (nSPS) is 13.0. The average Bonchev–Trinajstić information content (AvgIpc) is 3.02. The molecule has 0 bridgehead atoms. The molecule has 1 amide bonds. The number of carbonyl (C=O) groups is 2. The quantitative estimate of drug-likeness (QED) is 0.543. The van der Waals surface area contributed by atoms with E-state index in [0.29, 0.717) is 5.69 Å². The predicted molar refractivity (Wildman–Crippen MR) is 112 cm³/mol. The molecule has 0 spiro atoms. The third-order valence-electron chi connectivity index (χ3n) is 4.40. The molecule has 0 saturated heterocycles. The number of anilines is 1. The van der Waals surface area contributed by atoms with E-state index < -0.39 is 34.0 Å². The number of ether oxygens (including phenoxy) is 1. The maximum atomic E-state index is 12.7. The van der Waals surface area contributed by atoms with E-state index in [1.54, 1.807) is 32.0 Å². The van der Waals surface area contributed by atoms with Crippen LogP contribution in [0.1, 0.15) is 13.8 Å². The first-order valence-corrected chi connectivity index (χ1v) is 11.0. The van der Waals surface area contributed by atoms with Crippen molar-refractivity contribution < 1.29 is 27.9 Å². The third kappa shape index (κ3) is 4.34. The van der Waals surface area contributed by atoms with E-state index in [2.05, 4.69) is 14.8 Å². The van der Waals surface area contributed by atoms with Gasteiger partial charge in [0.05, 0.1) is 12.0 Å². The Morgan fingerprint density at radius 2 is 1.79 bits per heavy atom. The summed E-state index contributed by atoms with van der Waals surface area (Å²) in [4.78, 5) is 22.8. The summed E-state index contributed by atoms with van der Waals surface area (Å²) in [5.74, 6) is -1.63. The summed E-state index contributed by atoms with van der Waals surface area (Å²) >= 11 is 1.40. The Bertz CT molecular complexity index is 1200. The number of methoxy groups -OCH3 is 1. The Morgan fingerprint density at radius 3 is 2.41 bits per heavy atom. The number of hydrogen-bond acceptors (Lipinski definition) is 6. The Hall–Kier alpha value is -2.69. The predicted octanol–water partition coefficient (Wildman–Crippen LogP) is 3.62. The highest BCUT2D eigenvalue weighted by Gasteiger charge is 2.28. The summed E-state index contributed by atoms with van der Waals surface area (Å²) in [6, 6.07) is 8.77. The van der Waals surface area contributed by atoms with Gasteiger partial charge in [-0.25, -0.2) is 13.2 Å². The van der Waals surface area contributed by atoms with Crippen LogP contribution in [0.3, 0.4) is 0 Å². The maximum Gasteiger partial charge on any atom is 0.411 e. The molecule has 3 N–H and O–H groups in total. The molecule has 0 aliphatic heterocycles. The molecular weight excluding hydrogens is 416 g/mol. The SMILES string of the molecule is COC(=O)Nc1ccc2sc3cc(S(=O)(=O)N[C@H](C(=O)O)C(C)C)ccc3c2c1. The zero-order valence-electron chi connectivity index (χ0n) is 15.9. The number of sulfonamides is 1. The monoisotopic (exact) mass is 436 g/mol. The molecule has 1 heterocycles. The van der Waals surface area contributed by atoms with Crippen molar-refractivity contribution in [3.63, 3.8) is 0 Å². The van der Waals surface area contributed by atoms with E-state index in [9.17, 15) is 23.1 Å². The lowest BCUT2D eigenvalue weighted by atomic mass is 10.1. The topological polar surface area (TPSA) is 122 Å². The fraction of sp³-hybridized carbons (Fsp3) is 0.263. The molecular formula is C19H20N2O6S2. The van der Waals surface area contributed by atoms with Crippen LogP contribution >= 0.6 is 11.3 Å². The van der Waals surface area contributed by atoms with Gasteiger partial charge in [0.25, 0.3) is 0 Å². The number of nitrogens with one attached hydrogen (secondary N) is 2. The Labute approximate surface area is 171 Å². The molecule has 3 aromatic rings. The van der Waals surface area contributed by atoms with Crippen LogP contribution in [0.15, 0.2) is 41.3 Å². The highest BCUT2D eigenvalue weighted by atomic mass is 32.2. The first-order valence-electron chi connectivity index (χ1n) is 8.69.